The molecule has 0 aromatic heterocycles. The first-order valence-corrected chi connectivity index (χ1v) is 11.9. The van der Waals surface area contributed by atoms with Crippen molar-refractivity contribution in [1.82, 2.24) is 0 Å². The first-order chi connectivity index (χ1) is 16.1. The largest absolute Gasteiger partial charge is 0.326 e. The van der Waals surface area contributed by atoms with Crippen molar-refractivity contribution in [3.63, 3.8) is 0 Å². The monoisotopic (exact) mass is 454 g/mol. The molecule has 0 saturated heterocycles. The van der Waals surface area contributed by atoms with Crippen LogP contribution in [0.1, 0.15) is 18.9 Å². The van der Waals surface area contributed by atoms with Gasteiger partial charge in [0.05, 0.1) is 11.7 Å². The summed E-state index contributed by atoms with van der Waals surface area (Å²) in [6.07, 6.45) is 1.01. The van der Waals surface area contributed by atoms with E-state index in [4.69, 9.17) is 0 Å². The van der Waals surface area contributed by atoms with Gasteiger partial charge in [-0.1, -0.05) is 73.7 Å². The van der Waals surface area contributed by atoms with Gasteiger partial charge in [0.15, 0.2) is 0 Å². The van der Waals surface area contributed by atoms with Crippen LogP contribution in [0.3, 0.4) is 0 Å². The van der Waals surface area contributed by atoms with Gasteiger partial charge >= 0.3 is 0 Å². The highest BCUT2D eigenvalue weighted by Crippen LogP contribution is 2.29. The maximum Gasteiger partial charge on any atom is 0.237 e. The quantitative estimate of drug-likeness (QED) is 0.298. The van der Waals surface area contributed by atoms with Gasteiger partial charge < -0.3 is 10.6 Å². The molecule has 4 aromatic rings. The summed E-state index contributed by atoms with van der Waals surface area (Å²) in [5, 5.41) is 8.00. The van der Waals surface area contributed by atoms with Gasteiger partial charge in [0.1, 0.15) is 0 Å². The van der Waals surface area contributed by atoms with E-state index in [2.05, 4.69) is 16.7 Å². The highest BCUT2D eigenvalue weighted by molar-refractivity contribution is 8.00. The normalized spacial score (nSPS) is 11.7. The maximum absolute atomic E-state index is 12.9. The molecule has 0 aliphatic heterocycles. The molecule has 0 saturated carbocycles. The van der Waals surface area contributed by atoms with Gasteiger partial charge in [-0.25, -0.2) is 0 Å². The molecule has 5 heteroatoms. The molecule has 33 heavy (non-hydrogen) atoms. The molecule has 166 valence electrons. The van der Waals surface area contributed by atoms with Gasteiger partial charge in [0.2, 0.25) is 11.8 Å². The van der Waals surface area contributed by atoms with Crippen LogP contribution in [-0.2, 0) is 16.0 Å². The number of hydrogen-bond donors (Lipinski definition) is 2. The molecule has 0 spiro atoms. The van der Waals surface area contributed by atoms with Crippen molar-refractivity contribution in [3.05, 3.63) is 103 Å². The first-order valence-electron chi connectivity index (χ1n) is 11.0. The fourth-order valence-corrected chi connectivity index (χ4v) is 4.62. The van der Waals surface area contributed by atoms with Gasteiger partial charge in [-0.15, -0.1) is 11.8 Å². The van der Waals surface area contributed by atoms with Crippen molar-refractivity contribution < 1.29 is 9.59 Å². The third kappa shape index (κ3) is 6.24. The molecule has 1 atom stereocenters. The van der Waals surface area contributed by atoms with Crippen LogP contribution in [0.4, 0.5) is 11.4 Å². The molecule has 4 nitrogen and oxygen atoms in total. The van der Waals surface area contributed by atoms with Crippen LogP contribution in [-0.4, -0.2) is 17.1 Å². The van der Waals surface area contributed by atoms with E-state index >= 15 is 0 Å². The van der Waals surface area contributed by atoms with Gasteiger partial charge in [-0.05, 0) is 53.1 Å². The minimum atomic E-state index is -0.244. The van der Waals surface area contributed by atoms with Gasteiger partial charge in [0, 0.05) is 16.3 Å². The number of carbonyl (C=O) groups excluding carboxylic acids is 2. The van der Waals surface area contributed by atoms with Crippen molar-refractivity contribution in [1.29, 1.82) is 0 Å². The van der Waals surface area contributed by atoms with Crippen LogP contribution >= 0.6 is 11.8 Å². The topological polar surface area (TPSA) is 58.2 Å². The van der Waals surface area contributed by atoms with Crippen molar-refractivity contribution in [2.45, 2.75) is 29.9 Å². The Balaban J connectivity index is 1.39. The zero-order valence-corrected chi connectivity index (χ0v) is 19.3. The number of hydrogen-bond acceptors (Lipinski definition) is 3. The second-order valence-corrected chi connectivity index (χ2v) is 9.08. The number of nitrogens with one attached hydrogen (secondary N) is 2. The summed E-state index contributed by atoms with van der Waals surface area (Å²) >= 11 is 1.50. The number of carbonyl (C=O) groups is 2. The summed E-state index contributed by atoms with van der Waals surface area (Å²) in [5.41, 5.74) is 2.49. The Morgan fingerprint density at radius 1 is 0.758 bits per heavy atom. The molecular formula is C28H26N2O2S. The summed E-state index contributed by atoms with van der Waals surface area (Å²) in [6.45, 7) is 2.00. The van der Waals surface area contributed by atoms with Crippen LogP contribution in [0, 0.1) is 0 Å². The van der Waals surface area contributed by atoms with Crippen LogP contribution in [0.25, 0.3) is 10.8 Å². The Bertz CT molecular complexity index is 1260. The molecule has 2 amide bonds. The van der Waals surface area contributed by atoms with Gasteiger partial charge in [-0.3, -0.25) is 9.59 Å². The Morgan fingerprint density at radius 3 is 2.27 bits per heavy atom. The maximum atomic E-state index is 12.9. The SMILES string of the molecule is CCC(Sc1cccc(NC(=O)Cc2ccccc2)c1)C(=O)Nc1ccc2ccccc2c1. The minimum absolute atomic E-state index is 0.0312. The molecule has 0 fully saturated rings. The van der Waals surface area contributed by atoms with Crippen molar-refractivity contribution >= 4 is 45.7 Å². The second kappa shape index (κ2) is 10.8. The standard InChI is InChI=1S/C28H26N2O2S/c1-2-26(28(32)30-24-16-15-21-11-6-7-12-22(21)18-24)33-25-14-8-13-23(19-25)29-27(31)17-20-9-4-3-5-10-20/h3-16,18-19,26H,2,17H2,1H3,(H,29,31)(H,30,32). The number of anilines is 2. The van der Waals surface area contributed by atoms with Gasteiger partial charge in [-0.2, -0.15) is 0 Å². The Hall–Kier alpha value is -3.57. The Morgan fingerprint density at radius 2 is 1.48 bits per heavy atom. The van der Waals surface area contributed by atoms with E-state index in [-0.39, 0.29) is 17.1 Å². The lowest BCUT2D eigenvalue weighted by molar-refractivity contribution is -0.116. The average Bonchev–Trinajstić information content (AvgIpc) is 2.83. The minimum Gasteiger partial charge on any atom is -0.326 e. The Kier molecular flexibility index (Phi) is 7.43. The number of rotatable bonds is 8. The number of benzene rings is 4. The molecule has 0 heterocycles. The average molecular weight is 455 g/mol. The van der Waals surface area contributed by atoms with E-state index in [0.29, 0.717) is 12.8 Å². The van der Waals surface area contributed by atoms with E-state index in [1.54, 1.807) is 0 Å². The van der Waals surface area contributed by atoms with Crippen LogP contribution < -0.4 is 10.6 Å². The molecule has 2 N–H and O–H groups in total. The molecule has 0 radical (unpaired) electrons. The number of thioether (sulfide) groups is 1. The number of fused-ring (bicyclic) bond motifs is 1. The van der Waals surface area contributed by atoms with E-state index in [0.717, 1.165) is 32.6 Å². The van der Waals surface area contributed by atoms with Crippen molar-refractivity contribution in [2.75, 3.05) is 10.6 Å². The molecule has 0 aliphatic rings. The highest BCUT2D eigenvalue weighted by atomic mass is 32.2. The summed E-state index contributed by atoms with van der Waals surface area (Å²) in [6, 6.07) is 31.3. The fraction of sp³-hybridized carbons (Fsp3) is 0.143. The third-order valence-electron chi connectivity index (χ3n) is 5.28. The molecule has 4 aromatic carbocycles. The van der Waals surface area contributed by atoms with E-state index in [1.807, 2.05) is 97.9 Å². The first kappa shape index (κ1) is 22.6. The number of amides is 2. The van der Waals surface area contributed by atoms with Crippen LogP contribution in [0.15, 0.2) is 102 Å². The summed E-state index contributed by atoms with van der Waals surface area (Å²) < 4.78 is 0. The Labute approximate surface area is 198 Å². The van der Waals surface area contributed by atoms with Crippen molar-refractivity contribution in [3.8, 4) is 0 Å². The summed E-state index contributed by atoms with van der Waals surface area (Å²) in [7, 11) is 0. The summed E-state index contributed by atoms with van der Waals surface area (Å²) in [4.78, 5) is 26.3. The predicted octanol–water partition coefficient (Wildman–Crippen LogP) is 6.53. The lowest BCUT2D eigenvalue weighted by atomic mass is 10.1. The predicted molar refractivity (Wildman–Crippen MR) is 138 cm³/mol. The van der Waals surface area contributed by atoms with E-state index in [9.17, 15) is 9.59 Å². The fourth-order valence-electron chi connectivity index (χ4n) is 3.61. The van der Waals surface area contributed by atoms with Crippen molar-refractivity contribution in [2.24, 2.45) is 0 Å². The van der Waals surface area contributed by atoms with Crippen LogP contribution in [0.5, 0.6) is 0 Å². The summed E-state index contributed by atoms with van der Waals surface area (Å²) in [5.74, 6) is -0.0965. The van der Waals surface area contributed by atoms with E-state index in [1.165, 1.54) is 11.8 Å². The zero-order chi connectivity index (χ0) is 23.0. The highest BCUT2D eigenvalue weighted by Gasteiger charge is 2.18. The lowest BCUT2D eigenvalue weighted by Gasteiger charge is -2.16. The molecule has 0 aliphatic carbocycles. The van der Waals surface area contributed by atoms with Crippen LogP contribution in [0.2, 0.25) is 0 Å². The van der Waals surface area contributed by atoms with E-state index < -0.39 is 0 Å². The molecule has 4 rings (SSSR count). The second-order valence-electron chi connectivity index (χ2n) is 7.80. The third-order valence-corrected chi connectivity index (χ3v) is 6.64. The van der Waals surface area contributed by atoms with Gasteiger partial charge in [0.25, 0.3) is 0 Å². The molecule has 1 unspecified atom stereocenters. The lowest BCUT2D eigenvalue weighted by Crippen LogP contribution is -2.24. The zero-order valence-electron chi connectivity index (χ0n) is 18.5. The molecular weight excluding hydrogens is 428 g/mol. The smallest absolute Gasteiger partial charge is 0.237 e. The molecule has 0 bridgehead atoms.